The summed E-state index contributed by atoms with van der Waals surface area (Å²) < 4.78 is 6.17. The molecular weight excluding hydrogens is 320 g/mol. The van der Waals surface area contributed by atoms with Gasteiger partial charge in [-0.1, -0.05) is 18.6 Å². The average molecular weight is 344 g/mol. The second kappa shape index (κ2) is 7.25. The number of nitrogens with one attached hydrogen (secondary N) is 2. The number of imide groups is 1. The molecule has 1 aromatic carbocycles. The van der Waals surface area contributed by atoms with Crippen LogP contribution in [0.2, 0.25) is 0 Å². The summed E-state index contributed by atoms with van der Waals surface area (Å²) in [7, 11) is 0. The molecule has 1 aliphatic carbocycles. The predicted molar refractivity (Wildman–Crippen MR) is 91.9 cm³/mol. The van der Waals surface area contributed by atoms with Crippen molar-refractivity contribution in [1.29, 1.82) is 0 Å². The van der Waals surface area contributed by atoms with Gasteiger partial charge >= 0.3 is 0 Å². The van der Waals surface area contributed by atoms with Gasteiger partial charge in [0.25, 0.3) is 5.91 Å². The highest BCUT2D eigenvalue weighted by atomic mass is 16.5. The van der Waals surface area contributed by atoms with E-state index < -0.39 is 17.6 Å². The fourth-order valence-electron chi connectivity index (χ4n) is 3.52. The molecular formula is C19H24N2O4. The second-order valence-corrected chi connectivity index (χ2v) is 6.95. The first-order valence-electron chi connectivity index (χ1n) is 8.89. The van der Waals surface area contributed by atoms with Gasteiger partial charge in [0, 0.05) is 6.42 Å². The third-order valence-electron chi connectivity index (χ3n) is 4.92. The van der Waals surface area contributed by atoms with Crippen molar-refractivity contribution in [3.05, 3.63) is 29.8 Å². The molecule has 1 saturated carbocycles. The topological polar surface area (TPSA) is 84.5 Å². The van der Waals surface area contributed by atoms with Gasteiger partial charge < -0.3 is 10.1 Å². The largest absolute Gasteiger partial charge is 0.477 e. The molecule has 1 unspecified atom stereocenters. The Kier molecular flexibility index (Phi) is 5.06. The summed E-state index contributed by atoms with van der Waals surface area (Å²) in [5.41, 5.74) is 0.113. The van der Waals surface area contributed by atoms with Gasteiger partial charge in [-0.3, -0.25) is 19.7 Å². The summed E-state index contributed by atoms with van der Waals surface area (Å²) in [6.07, 6.45) is 4.72. The molecule has 1 saturated heterocycles. The van der Waals surface area contributed by atoms with Crippen molar-refractivity contribution in [1.82, 2.24) is 10.6 Å². The smallest absolute Gasteiger partial charge is 0.264 e. The minimum Gasteiger partial charge on any atom is -0.477 e. The van der Waals surface area contributed by atoms with Crippen LogP contribution in [-0.4, -0.2) is 29.4 Å². The van der Waals surface area contributed by atoms with Gasteiger partial charge in [0.1, 0.15) is 11.8 Å². The lowest BCUT2D eigenvalue weighted by Crippen LogP contribution is -2.59. The molecule has 2 fully saturated rings. The summed E-state index contributed by atoms with van der Waals surface area (Å²) in [5, 5.41) is 5.08. The molecule has 0 bridgehead atoms. The van der Waals surface area contributed by atoms with Crippen LogP contribution in [0, 0.1) is 6.92 Å². The van der Waals surface area contributed by atoms with Gasteiger partial charge in [-0.2, -0.15) is 0 Å². The fraction of sp³-hybridized carbons (Fsp3) is 0.526. The molecule has 134 valence electrons. The van der Waals surface area contributed by atoms with E-state index in [0.717, 1.165) is 24.8 Å². The van der Waals surface area contributed by atoms with Crippen LogP contribution in [0.5, 0.6) is 5.75 Å². The third-order valence-corrected chi connectivity index (χ3v) is 4.92. The predicted octanol–water partition coefficient (Wildman–Crippen LogP) is 2.00. The zero-order chi connectivity index (χ0) is 17.9. The average Bonchev–Trinajstić information content (AvgIpc) is 2.58. The number of aryl methyl sites for hydroxylation is 1. The van der Waals surface area contributed by atoms with E-state index in [0.29, 0.717) is 25.0 Å². The van der Waals surface area contributed by atoms with Crippen molar-refractivity contribution < 1.29 is 19.1 Å². The number of hydrogen-bond acceptors (Lipinski definition) is 4. The van der Waals surface area contributed by atoms with E-state index in [1.165, 1.54) is 0 Å². The van der Waals surface area contributed by atoms with Crippen LogP contribution in [-0.2, 0) is 14.4 Å². The highest BCUT2D eigenvalue weighted by molar-refractivity contribution is 6.02. The molecule has 25 heavy (non-hydrogen) atoms. The Morgan fingerprint density at radius 3 is 2.68 bits per heavy atom. The second-order valence-electron chi connectivity index (χ2n) is 6.95. The molecule has 2 aliphatic rings. The summed E-state index contributed by atoms with van der Waals surface area (Å²) in [4.78, 5) is 36.2. The Morgan fingerprint density at radius 1 is 1.24 bits per heavy atom. The molecule has 3 amide bonds. The van der Waals surface area contributed by atoms with Gasteiger partial charge in [-0.25, -0.2) is 0 Å². The standard InChI is InChI=1S/C19H24N2O4/c1-13-6-5-7-14(12-13)25-19(10-3-2-4-11-19)18(24)20-15-8-9-16(22)21-17(15)23/h5-7,12,15H,2-4,8-11H2,1H3,(H,20,24)(H,21,22,23). The lowest BCUT2D eigenvalue weighted by Gasteiger charge is -2.37. The highest BCUT2D eigenvalue weighted by Gasteiger charge is 2.44. The molecule has 6 heteroatoms. The van der Waals surface area contributed by atoms with Gasteiger partial charge in [-0.15, -0.1) is 0 Å². The van der Waals surface area contributed by atoms with Crippen LogP contribution in [0.1, 0.15) is 50.5 Å². The Balaban J connectivity index is 1.76. The minimum atomic E-state index is -0.951. The van der Waals surface area contributed by atoms with Crippen LogP contribution < -0.4 is 15.4 Å². The first-order valence-corrected chi connectivity index (χ1v) is 8.89. The molecule has 0 radical (unpaired) electrons. The zero-order valence-corrected chi connectivity index (χ0v) is 14.5. The zero-order valence-electron chi connectivity index (χ0n) is 14.5. The number of rotatable bonds is 4. The Morgan fingerprint density at radius 2 is 2.00 bits per heavy atom. The van der Waals surface area contributed by atoms with E-state index in [9.17, 15) is 14.4 Å². The maximum absolute atomic E-state index is 13.0. The number of amides is 3. The molecule has 3 rings (SSSR count). The first kappa shape index (κ1) is 17.5. The number of carbonyl (C=O) groups is 3. The fourth-order valence-corrected chi connectivity index (χ4v) is 3.52. The third kappa shape index (κ3) is 4.00. The van der Waals surface area contributed by atoms with E-state index in [1.807, 2.05) is 31.2 Å². The van der Waals surface area contributed by atoms with Gasteiger partial charge in [0.15, 0.2) is 5.60 Å². The van der Waals surface area contributed by atoms with Crippen molar-refractivity contribution >= 4 is 17.7 Å². The van der Waals surface area contributed by atoms with E-state index in [2.05, 4.69) is 10.6 Å². The molecule has 0 aromatic heterocycles. The molecule has 1 aromatic rings. The van der Waals surface area contributed by atoms with E-state index in [-0.39, 0.29) is 18.2 Å². The molecule has 1 atom stereocenters. The van der Waals surface area contributed by atoms with Crippen molar-refractivity contribution in [2.75, 3.05) is 0 Å². The van der Waals surface area contributed by atoms with Crippen LogP contribution in [0.25, 0.3) is 0 Å². The van der Waals surface area contributed by atoms with Crippen LogP contribution in [0.15, 0.2) is 24.3 Å². The number of benzene rings is 1. The summed E-state index contributed by atoms with van der Waals surface area (Å²) in [5.74, 6) is -0.325. The lowest BCUT2D eigenvalue weighted by molar-refractivity contribution is -0.145. The Labute approximate surface area is 147 Å². The van der Waals surface area contributed by atoms with Crippen molar-refractivity contribution in [2.45, 2.75) is 63.5 Å². The van der Waals surface area contributed by atoms with Crippen molar-refractivity contribution in [3.63, 3.8) is 0 Å². The van der Waals surface area contributed by atoms with E-state index in [1.54, 1.807) is 0 Å². The maximum Gasteiger partial charge on any atom is 0.264 e. The monoisotopic (exact) mass is 344 g/mol. The van der Waals surface area contributed by atoms with Crippen LogP contribution in [0.3, 0.4) is 0 Å². The molecule has 1 aliphatic heterocycles. The Hall–Kier alpha value is -2.37. The molecule has 1 heterocycles. The number of hydrogen-bond donors (Lipinski definition) is 2. The minimum absolute atomic E-state index is 0.239. The highest BCUT2D eigenvalue weighted by Crippen LogP contribution is 2.34. The van der Waals surface area contributed by atoms with Crippen LogP contribution >= 0.6 is 0 Å². The number of piperidine rings is 1. The van der Waals surface area contributed by atoms with Crippen LogP contribution in [0.4, 0.5) is 0 Å². The van der Waals surface area contributed by atoms with Gasteiger partial charge in [-0.05, 0) is 56.7 Å². The van der Waals surface area contributed by atoms with Crippen molar-refractivity contribution in [3.8, 4) is 5.75 Å². The SMILES string of the molecule is Cc1cccc(OC2(C(=O)NC3CCC(=O)NC3=O)CCCCC2)c1. The quantitative estimate of drug-likeness (QED) is 0.818. The van der Waals surface area contributed by atoms with Crippen molar-refractivity contribution in [2.24, 2.45) is 0 Å². The Bertz CT molecular complexity index is 680. The molecule has 2 N–H and O–H groups in total. The maximum atomic E-state index is 13.0. The van der Waals surface area contributed by atoms with Gasteiger partial charge in [0.2, 0.25) is 11.8 Å². The number of ether oxygens (including phenoxy) is 1. The normalized spacial score (nSPS) is 22.8. The first-order chi connectivity index (χ1) is 12.0. The van der Waals surface area contributed by atoms with E-state index in [4.69, 9.17) is 4.74 Å². The summed E-state index contributed by atoms with van der Waals surface area (Å²) in [6, 6.07) is 6.96. The summed E-state index contributed by atoms with van der Waals surface area (Å²) in [6.45, 7) is 1.98. The molecule has 0 spiro atoms. The molecule has 6 nitrogen and oxygen atoms in total. The number of carbonyl (C=O) groups excluding carboxylic acids is 3. The summed E-state index contributed by atoms with van der Waals surface area (Å²) >= 11 is 0. The van der Waals surface area contributed by atoms with E-state index >= 15 is 0 Å². The lowest BCUT2D eigenvalue weighted by atomic mass is 9.83. The van der Waals surface area contributed by atoms with Gasteiger partial charge in [0.05, 0.1) is 0 Å².